The normalized spacial score (nSPS) is 16.2. The van der Waals surface area contributed by atoms with Gasteiger partial charge in [0.05, 0.1) is 0 Å². The number of aromatic nitrogens is 3. The molecule has 3 heterocycles. The number of hydrogen-bond acceptors (Lipinski definition) is 6. The Balaban J connectivity index is 0.00000156. The Kier molecular flexibility index (Phi) is 8.82. The van der Waals surface area contributed by atoms with Crippen molar-refractivity contribution in [3.05, 3.63) is 30.3 Å². The summed E-state index contributed by atoms with van der Waals surface area (Å²) in [6.45, 7) is 1.68. The number of likely N-dealkylation sites (N-methyl/N-ethyl adjacent to an activating group) is 1. The minimum absolute atomic E-state index is 0. The molecule has 3 rings (SSSR count). The molecule has 1 saturated heterocycles. The zero-order valence-electron chi connectivity index (χ0n) is 14.1. The molecule has 2 aromatic rings. The van der Waals surface area contributed by atoms with Crippen LogP contribution >= 0.6 is 24.8 Å². The molecule has 7 nitrogen and oxygen atoms in total. The van der Waals surface area contributed by atoms with Crippen LogP contribution in [0.3, 0.4) is 0 Å². The van der Waals surface area contributed by atoms with Crippen LogP contribution < -0.4 is 5.32 Å². The first-order valence-electron chi connectivity index (χ1n) is 7.96. The Morgan fingerprint density at radius 1 is 1.40 bits per heavy atom. The molecular formula is C16H23Cl2N5O2. The lowest BCUT2D eigenvalue weighted by Crippen LogP contribution is -2.40. The van der Waals surface area contributed by atoms with Crippen molar-refractivity contribution in [2.75, 3.05) is 20.1 Å². The van der Waals surface area contributed by atoms with Crippen LogP contribution in [0.5, 0.6) is 0 Å². The molecule has 0 saturated carbocycles. The second-order valence-corrected chi connectivity index (χ2v) is 5.67. The highest BCUT2D eigenvalue weighted by Crippen LogP contribution is 2.19. The van der Waals surface area contributed by atoms with E-state index in [4.69, 9.17) is 4.52 Å². The standard InChI is InChI=1S/C16H21N5O2.2ClH/c1-17-11-12-5-4-10-21(12)15(22)8-7-14-19-16(20-23-14)13-6-2-3-9-18-13;;/h2-3,6,9,12,17H,4-5,7-8,10-11H2,1H3;2*1H. The van der Waals surface area contributed by atoms with Gasteiger partial charge in [0.25, 0.3) is 0 Å². The smallest absolute Gasteiger partial charge is 0.227 e. The van der Waals surface area contributed by atoms with Gasteiger partial charge in [-0.3, -0.25) is 9.78 Å². The van der Waals surface area contributed by atoms with Gasteiger partial charge in [0.15, 0.2) is 0 Å². The van der Waals surface area contributed by atoms with Crippen LogP contribution in [0.15, 0.2) is 28.9 Å². The second kappa shape index (κ2) is 10.3. The maximum absolute atomic E-state index is 12.4. The zero-order chi connectivity index (χ0) is 16.1. The first-order chi connectivity index (χ1) is 11.3. The van der Waals surface area contributed by atoms with E-state index < -0.39 is 0 Å². The van der Waals surface area contributed by atoms with E-state index in [9.17, 15) is 4.79 Å². The summed E-state index contributed by atoms with van der Waals surface area (Å²) in [4.78, 5) is 22.8. The number of amides is 1. The number of halogens is 2. The molecule has 0 radical (unpaired) electrons. The minimum Gasteiger partial charge on any atom is -0.339 e. The van der Waals surface area contributed by atoms with Crippen LogP contribution in [-0.2, 0) is 11.2 Å². The molecule has 0 bridgehead atoms. The van der Waals surface area contributed by atoms with Crippen molar-refractivity contribution in [1.29, 1.82) is 0 Å². The van der Waals surface area contributed by atoms with Crippen molar-refractivity contribution in [3.63, 3.8) is 0 Å². The SMILES string of the molecule is CNCC1CCCN1C(=O)CCc1nc(-c2ccccn2)no1.Cl.Cl. The number of hydrogen-bond donors (Lipinski definition) is 1. The molecule has 1 N–H and O–H groups in total. The summed E-state index contributed by atoms with van der Waals surface area (Å²) < 4.78 is 5.22. The van der Waals surface area contributed by atoms with Gasteiger partial charge in [-0.15, -0.1) is 24.8 Å². The van der Waals surface area contributed by atoms with E-state index in [1.807, 2.05) is 30.1 Å². The van der Waals surface area contributed by atoms with Crippen LogP contribution in [0.2, 0.25) is 0 Å². The number of pyridine rings is 1. The van der Waals surface area contributed by atoms with Crippen LogP contribution in [0.4, 0.5) is 0 Å². The predicted molar refractivity (Wildman–Crippen MR) is 99.0 cm³/mol. The maximum atomic E-state index is 12.4. The van der Waals surface area contributed by atoms with E-state index in [0.717, 1.165) is 25.9 Å². The molecule has 0 aliphatic carbocycles. The third kappa shape index (κ3) is 5.39. The molecule has 9 heteroatoms. The van der Waals surface area contributed by atoms with Crippen LogP contribution in [-0.4, -0.2) is 52.1 Å². The number of carbonyl (C=O) groups is 1. The fourth-order valence-electron chi connectivity index (χ4n) is 2.92. The highest BCUT2D eigenvalue weighted by atomic mass is 35.5. The van der Waals surface area contributed by atoms with Crippen molar-refractivity contribution in [2.24, 2.45) is 0 Å². The molecule has 1 amide bonds. The molecule has 1 aliphatic heterocycles. The van der Waals surface area contributed by atoms with Crippen molar-refractivity contribution in [2.45, 2.75) is 31.7 Å². The van der Waals surface area contributed by atoms with Crippen molar-refractivity contribution in [1.82, 2.24) is 25.3 Å². The van der Waals surface area contributed by atoms with Crippen LogP contribution in [0.1, 0.15) is 25.2 Å². The largest absolute Gasteiger partial charge is 0.339 e. The third-order valence-corrected chi connectivity index (χ3v) is 4.05. The summed E-state index contributed by atoms with van der Waals surface area (Å²) >= 11 is 0. The number of rotatable bonds is 6. The molecule has 138 valence electrons. The third-order valence-electron chi connectivity index (χ3n) is 4.05. The van der Waals surface area contributed by atoms with Gasteiger partial charge in [-0.2, -0.15) is 4.98 Å². The second-order valence-electron chi connectivity index (χ2n) is 5.67. The molecule has 2 aromatic heterocycles. The Labute approximate surface area is 159 Å². The number of likely N-dealkylation sites (tertiary alicyclic amines) is 1. The fraction of sp³-hybridized carbons (Fsp3) is 0.500. The summed E-state index contributed by atoms with van der Waals surface area (Å²) in [5, 5.41) is 7.07. The summed E-state index contributed by atoms with van der Waals surface area (Å²) in [6.07, 6.45) is 4.68. The molecular weight excluding hydrogens is 365 g/mol. The Bertz CT molecular complexity index is 653. The topological polar surface area (TPSA) is 84.2 Å². The van der Waals surface area contributed by atoms with Gasteiger partial charge in [-0.1, -0.05) is 11.2 Å². The summed E-state index contributed by atoms with van der Waals surface area (Å²) in [6, 6.07) is 5.84. The van der Waals surface area contributed by atoms with E-state index in [1.54, 1.807) is 6.20 Å². The number of aryl methyl sites for hydroxylation is 1. The maximum Gasteiger partial charge on any atom is 0.227 e. The monoisotopic (exact) mass is 387 g/mol. The number of nitrogens with one attached hydrogen (secondary N) is 1. The van der Waals surface area contributed by atoms with Crippen LogP contribution in [0.25, 0.3) is 11.5 Å². The predicted octanol–water partition coefficient (Wildman–Crippen LogP) is 2.12. The average molecular weight is 388 g/mol. The molecule has 1 aliphatic rings. The molecule has 1 unspecified atom stereocenters. The van der Waals surface area contributed by atoms with Crippen molar-refractivity contribution >= 4 is 30.7 Å². The summed E-state index contributed by atoms with van der Waals surface area (Å²) in [5.74, 6) is 1.09. The van der Waals surface area contributed by atoms with Gasteiger partial charge in [0.2, 0.25) is 17.6 Å². The Morgan fingerprint density at radius 3 is 2.96 bits per heavy atom. The van der Waals surface area contributed by atoms with Crippen molar-refractivity contribution in [3.8, 4) is 11.5 Å². The summed E-state index contributed by atoms with van der Waals surface area (Å²) in [5.41, 5.74) is 0.669. The lowest BCUT2D eigenvalue weighted by molar-refractivity contribution is -0.132. The van der Waals surface area contributed by atoms with Gasteiger partial charge in [0, 0.05) is 38.2 Å². The zero-order valence-corrected chi connectivity index (χ0v) is 15.7. The van der Waals surface area contributed by atoms with E-state index in [-0.39, 0.29) is 30.7 Å². The molecule has 25 heavy (non-hydrogen) atoms. The highest BCUT2D eigenvalue weighted by molar-refractivity contribution is 5.85. The average Bonchev–Trinajstić information content (AvgIpc) is 3.23. The number of carbonyl (C=O) groups excluding carboxylic acids is 1. The summed E-state index contributed by atoms with van der Waals surface area (Å²) in [7, 11) is 1.92. The lowest BCUT2D eigenvalue weighted by Gasteiger charge is -2.24. The van der Waals surface area contributed by atoms with Gasteiger partial charge in [-0.05, 0) is 32.0 Å². The Hall–Kier alpha value is -1.70. The van der Waals surface area contributed by atoms with E-state index in [2.05, 4.69) is 20.4 Å². The fourth-order valence-corrected chi connectivity index (χ4v) is 2.92. The molecule has 0 spiro atoms. The van der Waals surface area contributed by atoms with Crippen LogP contribution in [0, 0.1) is 0 Å². The van der Waals surface area contributed by atoms with Gasteiger partial charge >= 0.3 is 0 Å². The first kappa shape index (κ1) is 21.3. The van der Waals surface area contributed by atoms with E-state index in [1.165, 1.54) is 0 Å². The Morgan fingerprint density at radius 2 is 2.24 bits per heavy atom. The lowest BCUT2D eigenvalue weighted by atomic mass is 10.2. The molecule has 1 fully saturated rings. The quantitative estimate of drug-likeness (QED) is 0.816. The van der Waals surface area contributed by atoms with Gasteiger partial charge in [-0.25, -0.2) is 0 Å². The molecule has 1 atom stereocenters. The van der Waals surface area contributed by atoms with E-state index >= 15 is 0 Å². The number of nitrogens with zero attached hydrogens (tertiary/aromatic N) is 4. The van der Waals surface area contributed by atoms with Crippen molar-refractivity contribution < 1.29 is 9.32 Å². The van der Waals surface area contributed by atoms with Gasteiger partial charge in [0.1, 0.15) is 5.69 Å². The van der Waals surface area contributed by atoms with E-state index in [0.29, 0.717) is 36.3 Å². The van der Waals surface area contributed by atoms with Gasteiger partial charge < -0.3 is 14.7 Å². The highest BCUT2D eigenvalue weighted by Gasteiger charge is 2.27. The molecule has 0 aromatic carbocycles. The first-order valence-corrected chi connectivity index (χ1v) is 7.96. The minimum atomic E-state index is 0.